The Morgan fingerprint density at radius 3 is 1.74 bits per heavy atom. The number of halogens is 2. The molecule has 3 atom stereocenters. The van der Waals surface area contributed by atoms with Crippen LogP contribution >= 0.6 is 23.2 Å². The summed E-state index contributed by atoms with van der Waals surface area (Å²) >= 11 is 11.9. The van der Waals surface area contributed by atoms with E-state index in [1.165, 1.54) is 0 Å². The molecule has 0 spiro atoms. The summed E-state index contributed by atoms with van der Waals surface area (Å²) in [6, 6.07) is 10.1. The van der Waals surface area contributed by atoms with Gasteiger partial charge in [-0.15, -0.1) is 0 Å². The van der Waals surface area contributed by atoms with E-state index in [-0.39, 0.29) is 24.4 Å². The highest BCUT2D eigenvalue weighted by atomic mass is 35.5. The lowest BCUT2D eigenvalue weighted by atomic mass is 10.2. The highest BCUT2D eigenvalue weighted by Gasteiger charge is 2.20. The van der Waals surface area contributed by atoms with Gasteiger partial charge in [0.25, 0.3) is 11.8 Å². The lowest BCUT2D eigenvalue weighted by molar-refractivity contribution is -0.129. The van der Waals surface area contributed by atoms with Crippen LogP contribution in [0, 0.1) is 13.8 Å². The Hall–Kier alpha value is -2.44. The van der Waals surface area contributed by atoms with Gasteiger partial charge >= 0.3 is 0 Å². The number of ether oxygens (including phenoxy) is 2. The Bertz CT molecular complexity index is 936. The van der Waals surface area contributed by atoms with E-state index < -0.39 is 12.2 Å². The standard InChI is InChI=1S/C23H28Cl2N2O4/c1-13-10-18(24)6-8-20(13)30-16(4)22(28)26-12-15(3)27-23(29)17(5)31-21-9-7-19(25)11-14(21)2/h6-11,15-17H,12H2,1-5H3,(H,26,28)(H,27,29). The first-order chi connectivity index (χ1) is 14.6. The number of amides is 2. The molecule has 0 radical (unpaired) electrons. The zero-order chi connectivity index (χ0) is 23.1. The van der Waals surface area contributed by atoms with Gasteiger partial charge in [0, 0.05) is 22.6 Å². The molecule has 2 rings (SSSR count). The van der Waals surface area contributed by atoms with E-state index in [1.807, 2.05) is 13.8 Å². The van der Waals surface area contributed by atoms with Gasteiger partial charge in [0.05, 0.1) is 0 Å². The maximum Gasteiger partial charge on any atom is 0.261 e. The summed E-state index contributed by atoms with van der Waals surface area (Å²) in [7, 11) is 0. The molecule has 0 saturated carbocycles. The highest BCUT2D eigenvalue weighted by molar-refractivity contribution is 6.31. The van der Waals surface area contributed by atoms with Crippen molar-refractivity contribution < 1.29 is 19.1 Å². The summed E-state index contributed by atoms with van der Waals surface area (Å²) in [6.07, 6.45) is -1.40. The van der Waals surface area contributed by atoms with E-state index >= 15 is 0 Å². The fourth-order valence-corrected chi connectivity index (χ4v) is 3.24. The van der Waals surface area contributed by atoms with E-state index in [0.29, 0.717) is 21.5 Å². The lowest BCUT2D eigenvalue weighted by Crippen LogP contribution is -2.48. The summed E-state index contributed by atoms with van der Waals surface area (Å²) < 4.78 is 11.4. The summed E-state index contributed by atoms with van der Waals surface area (Å²) in [4.78, 5) is 24.8. The average molecular weight is 467 g/mol. The molecule has 0 aromatic heterocycles. The molecule has 0 fully saturated rings. The minimum absolute atomic E-state index is 0.255. The van der Waals surface area contributed by atoms with Crippen LogP contribution in [0.1, 0.15) is 31.9 Å². The van der Waals surface area contributed by atoms with Crippen LogP contribution in [-0.2, 0) is 9.59 Å². The number of rotatable bonds is 9. The van der Waals surface area contributed by atoms with E-state index in [4.69, 9.17) is 32.7 Å². The Morgan fingerprint density at radius 2 is 1.29 bits per heavy atom. The molecule has 0 aliphatic heterocycles. The third kappa shape index (κ3) is 7.64. The van der Waals surface area contributed by atoms with Crippen molar-refractivity contribution in [1.82, 2.24) is 10.6 Å². The van der Waals surface area contributed by atoms with E-state index in [2.05, 4.69) is 10.6 Å². The maximum absolute atomic E-state index is 12.4. The Labute approximate surface area is 193 Å². The second kappa shape index (κ2) is 11.3. The molecule has 168 valence electrons. The van der Waals surface area contributed by atoms with Crippen molar-refractivity contribution in [3.8, 4) is 11.5 Å². The van der Waals surface area contributed by atoms with Crippen molar-refractivity contribution in [1.29, 1.82) is 0 Å². The van der Waals surface area contributed by atoms with Gasteiger partial charge in [0.15, 0.2) is 12.2 Å². The van der Waals surface area contributed by atoms with Crippen LogP contribution in [0.4, 0.5) is 0 Å². The number of benzene rings is 2. The number of hydrogen-bond acceptors (Lipinski definition) is 4. The Balaban J connectivity index is 1.79. The molecule has 2 aromatic carbocycles. The first-order valence-corrected chi connectivity index (χ1v) is 10.8. The molecular formula is C23H28Cl2N2O4. The minimum Gasteiger partial charge on any atom is -0.481 e. The molecule has 0 aliphatic rings. The molecule has 2 N–H and O–H groups in total. The molecule has 0 bridgehead atoms. The molecular weight excluding hydrogens is 439 g/mol. The lowest BCUT2D eigenvalue weighted by Gasteiger charge is -2.21. The maximum atomic E-state index is 12.4. The van der Waals surface area contributed by atoms with Gasteiger partial charge in [-0.1, -0.05) is 23.2 Å². The number of carbonyl (C=O) groups is 2. The number of carbonyl (C=O) groups excluding carboxylic acids is 2. The van der Waals surface area contributed by atoms with E-state index in [1.54, 1.807) is 57.2 Å². The predicted octanol–water partition coefficient (Wildman–Crippen LogP) is 4.47. The van der Waals surface area contributed by atoms with Gasteiger partial charge in [-0.25, -0.2) is 0 Å². The number of aryl methyl sites for hydroxylation is 2. The van der Waals surface area contributed by atoms with Crippen molar-refractivity contribution in [2.45, 2.75) is 52.9 Å². The molecule has 31 heavy (non-hydrogen) atoms. The van der Waals surface area contributed by atoms with Gasteiger partial charge in [-0.05, 0) is 82.1 Å². The van der Waals surface area contributed by atoms with Gasteiger partial charge in [0.1, 0.15) is 11.5 Å². The van der Waals surface area contributed by atoms with Crippen LogP contribution in [0.25, 0.3) is 0 Å². The second-order valence-electron chi connectivity index (χ2n) is 7.49. The van der Waals surface area contributed by atoms with Gasteiger partial charge < -0.3 is 20.1 Å². The third-order valence-electron chi connectivity index (χ3n) is 4.59. The zero-order valence-electron chi connectivity index (χ0n) is 18.3. The number of hydrogen-bond donors (Lipinski definition) is 2. The summed E-state index contributed by atoms with van der Waals surface area (Å²) in [5.74, 6) is 0.627. The average Bonchev–Trinajstić information content (AvgIpc) is 2.70. The quantitative estimate of drug-likeness (QED) is 0.571. The zero-order valence-corrected chi connectivity index (χ0v) is 19.8. The van der Waals surface area contributed by atoms with Crippen LogP contribution in [-0.4, -0.2) is 36.6 Å². The monoisotopic (exact) mass is 466 g/mol. The second-order valence-corrected chi connectivity index (χ2v) is 8.37. The first-order valence-electron chi connectivity index (χ1n) is 10.0. The van der Waals surface area contributed by atoms with Crippen molar-refractivity contribution in [2.24, 2.45) is 0 Å². The van der Waals surface area contributed by atoms with Crippen LogP contribution in [0.15, 0.2) is 36.4 Å². The molecule has 0 saturated heterocycles. The molecule has 2 aromatic rings. The first kappa shape index (κ1) is 24.8. The SMILES string of the molecule is Cc1cc(Cl)ccc1OC(C)C(=O)NCC(C)NC(=O)C(C)Oc1ccc(Cl)cc1C. The fourth-order valence-electron chi connectivity index (χ4n) is 2.79. The van der Waals surface area contributed by atoms with Crippen molar-refractivity contribution in [2.75, 3.05) is 6.54 Å². The highest BCUT2D eigenvalue weighted by Crippen LogP contribution is 2.23. The summed E-state index contributed by atoms with van der Waals surface area (Å²) in [5, 5.41) is 6.83. The van der Waals surface area contributed by atoms with Crippen LogP contribution in [0.5, 0.6) is 11.5 Å². The van der Waals surface area contributed by atoms with Crippen molar-refractivity contribution >= 4 is 35.0 Å². The Morgan fingerprint density at radius 1 is 0.839 bits per heavy atom. The smallest absolute Gasteiger partial charge is 0.261 e. The number of nitrogens with one attached hydrogen (secondary N) is 2. The molecule has 0 aliphatic carbocycles. The Kier molecular flexibility index (Phi) is 9.01. The van der Waals surface area contributed by atoms with E-state index in [9.17, 15) is 9.59 Å². The van der Waals surface area contributed by atoms with Crippen molar-refractivity contribution in [3.05, 3.63) is 57.6 Å². The minimum atomic E-state index is -0.701. The predicted molar refractivity (Wildman–Crippen MR) is 123 cm³/mol. The molecule has 0 heterocycles. The van der Waals surface area contributed by atoms with Crippen LogP contribution in [0.3, 0.4) is 0 Å². The fraction of sp³-hybridized carbons (Fsp3) is 0.391. The summed E-state index contributed by atoms with van der Waals surface area (Å²) in [6.45, 7) is 9.10. The molecule has 8 heteroatoms. The van der Waals surface area contributed by atoms with Crippen molar-refractivity contribution in [3.63, 3.8) is 0 Å². The van der Waals surface area contributed by atoms with Gasteiger partial charge in [0.2, 0.25) is 0 Å². The summed E-state index contributed by atoms with van der Waals surface area (Å²) in [5.41, 5.74) is 1.69. The molecule has 3 unspecified atom stereocenters. The topological polar surface area (TPSA) is 76.7 Å². The van der Waals surface area contributed by atoms with E-state index in [0.717, 1.165) is 11.1 Å². The molecule has 2 amide bonds. The normalized spacial score (nSPS) is 13.6. The van der Waals surface area contributed by atoms with Crippen LogP contribution in [0.2, 0.25) is 10.0 Å². The van der Waals surface area contributed by atoms with Crippen LogP contribution < -0.4 is 20.1 Å². The third-order valence-corrected chi connectivity index (χ3v) is 5.06. The largest absolute Gasteiger partial charge is 0.481 e. The van der Waals surface area contributed by atoms with Gasteiger partial charge in [-0.3, -0.25) is 9.59 Å². The van der Waals surface area contributed by atoms with Gasteiger partial charge in [-0.2, -0.15) is 0 Å². The molecule has 6 nitrogen and oxygen atoms in total.